The van der Waals surface area contributed by atoms with E-state index in [0.29, 0.717) is 18.5 Å². The van der Waals surface area contributed by atoms with Gasteiger partial charge in [0.15, 0.2) is 0 Å². The number of nitro benzene ring substituents is 1. The Bertz CT molecular complexity index is 1230. The minimum absolute atomic E-state index is 0.0380. The zero-order valence-corrected chi connectivity index (χ0v) is 17.8. The lowest BCUT2D eigenvalue weighted by molar-refractivity contribution is -0.384. The van der Waals surface area contributed by atoms with E-state index in [4.69, 9.17) is 0 Å². The average Bonchev–Trinajstić information content (AvgIpc) is 3.17. The van der Waals surface area contributed by atoms with Gasteiger partial charge in [0, 0.05) is 41.7 Å². The van der Waals surface area contributed by atoms with Crippen LogP contribution in [0.1, 0.15) is 42.6 Å². The summed E-state index contributed by atoms with van der Waals surface area (Å²) in [5.41, 5.74) is 3.33. The number of hydrogen-bond donors (Lipinski definition) is 1. The zero-order chi connectivity index (χ0) is 22.4. The van der Waals surface area contributed by atoms with Gasteiger partial charge in [-0.1, -0.05) is 43.7 Å². The maximum absolute atomic E-state index is 13.4. The first-order chi connectivity index (χ1) is 15.5. The van der Waals surface area contributed by atoms with Gasteiger partial charge in [0.1, 0.15) is 6.04 Å². The predicted molar refractivity (Wildman–Crippen MR) is 119 cm³/mol. The lowest BCUT2D eigenvalue weighted by Gasteiger charge is -2.47. The number of piperazine rings is 1. The number of hydrogen-bond acceptors (Lipinski definition) is 4. The Hall–Kier alpha value is -3.68. The molecular formula is C24H24N4O4. The van der Waals surface area contributed by atoms with Crippen LogP contribution in [0, 0.1) is 10.1 Å². The lowest BCUT2D eigenvalue weighted by atomic mass is 9.86. The fraction of sp³-hybridized carbons (Fsp3) is 0.333. The molecule has 0 bridgehead atoms. The Balaban J connectivity index is 1.68. The monoisotopic (exact) mass is 432 g/mol. The summed E-state index contributed by atoms with van der Waals surface area (Å²) < 4.78 is 0. The number of carbonyl (C=O) groups is 2. The van der Waals surface area contributed by atoms with Crippen LogP contribution in [0.25, 0.3) is 10.9 Å². The number of unbranched alkanes of at least 4 members (excludes halogenated alkanes) is 1. The summed E-state index contributed by atoms with van der Waals surface area (Å²) in [5, 5.41) is 12.4. The van der Waals surface area contributed by atoms with E-state index in [2.05, 4.69) is 11.9 Å². The number of amides is 2. The summed E-state index contributed by atoms with van der Waals surface area (Å²) in [6, 6.07) is 13.0. The highest BCUT2D eigenvalue weighted by molar-refractivity contribution is 5.97. The Kier molecular flexibility index (Phi) is 4.92. The van der Waals surface area contributed by atoms with Gasteiger partial charge < -0.3 is 14.8 Å². The Morgan fingerprint density at radius 3 is 2.75 bits per heavy atom. The van der Waals surface area contributed by atoms with Crippen molar-refractivity contribution in [3.05, 3.63) is 75.5 Å². The summed E-state index contributed by atoms with van der Waals surface area (Å²) in [6.07, 6.45) is 2.21. The topological polar surface area (TPSA) is 99.6 Å². The highest BCUT2D eigenvalue weighted by atomic mass is 16.6. The van der Waals surface area contributed by atoms with Crippen LogP contribution in [0.15, 0.2) is 48.5 Å². The van der Waals surface area contributed by atoms with E-state index in [1.807, 2.05) is 24.3 Å². The fourth-order valence-electron chi connectivity index (χ4n) is 5.02. The van der Waals surface area contributed by atoms with Crippen molar-refractivity contribution >= 4 is 28.4 Å². The smallest absolute Gasteiger partial charge is 0.269 e. The van der Waals surface area contributed by atoms with Gasteiger partial charge in [0.05, 0.1) is 17.5 Å². The molecule has 1 fully saturated rings. The summed E-state index contributed by atoms with van der Waals surface area (Å²) in [6.45, 7) is 2.66. The van der Waals surface area contributed by atoms with E-state index in [1.54, 1.807) is 21.9 Å². The number of nitro groups is 1. The third-order valence-electron chi connectivity index (χ3n) is 6.52. The molecule has 32 heavy (non-hydrogen) atoms. The van der Waals surface area contributed by atoms with Crippen molar-refractivity contribution in [1.82, 2.24) is 14.8 Å². The fourth-order valence-corrected chi connectivity index (χ4v) is 5.02. The minimum Gasteiger partial charge on any atom is -0.356 e. The van der Waals surface area contributed by atoms with E-state index >= 15 is 0 Å². The molecule has 2 amide bonds. The lowest BCUT2D eigenvalue weighted by Crippen LogP contribution is -2.63. The van der Waals surface area contributed by atoms with Crippen LogP contribution in [-0.2, 0) is 16.0 Å². The average molecular weight is 432 g/mol. The molecule has 1 saturated heterocycles. The molecule has 2 atom stereocenters. The van der Waals surface area contributed by atoms with Crippen LogP contribution >= 0.6 is 0 Å². The van der Waals surface area contributed by atoms with E-state index in [1.165, 1.54) is 12.1 Å². The normalized spacial score (nSPS) is 20.4. The van der Waals surface area contributed by atoms with E-state index in [0.717, 1.165) is 35.0 Å². The maximum Gasteiger partial charge on any atom is 0.269 e. The van der Waals surface area contributed by atoms with Crippen LogP contribution in [0.2, 0.25) is 0 Å². The first-order valence-corrected chi connectivity index (χ1v) is 10.9. The summed E-state index contributed by atoms with van der Waals surface area (Å²) >= 11 is 0. The van der Waals surface area contributed by atoms with Crippen molar-refractivity contribution in [2.24, 2.45) is 0 Å². The molecule has 5 rings (SSSR count). The molecular weight excluding hydrogens is 408 g/mol. The van der Waals surface area contributed by atoms with Crippen molar-refractivity contribution < 1.29 is 14.5 Å². The van der Waals surface area contributed by atoms with Gasteiger partial charge in [-0.3, -0.25) is 19.7 Å². The van der Waals surface area contributed by atoms with E-state index in [9.17, 15) is 19.7 Å². The molecule has 0 radical (unpaired) electrons. The van der Waals surface area contributed by atoms with Crippen LogP contribution < -0.4 is 0 Å². The zero-order valence-electron chi connectivity index (χ0n) is 17.8. The summed E-state index contributed by atoms with van der Waals surface area (Å²) in [7, 11) is 0. The second-order valence-corrected chi connectivity index (χ2v) is 8.45. The van der Waals surface area contributed by atoms with E-state index < -0.39 is 17.0 Å². The Morgan fingerprint density at radius 2 is 1.97 bits per heavy atom. The van der Waals surface area contributed by atoms with Gasteiger partial charge in [-0.25, -0.2) is 0 Å². The summed E-state index contributed by atoms with van der Waals surface area (Å²) in [4.78, 5) is 44.5. The molecule has 1 N–H and O–H groups in total. The van der Waals surface area contributed by atoms with Crippen molar-refractivity contribution in [2.45, 2.75) is 38.3 Å². The second kappa shape index (κ2) is 7.78. The van der Waals surface area contributed by atoms with Gasteiger partial charge in [0.25, 0.3) is 5.69 Å². The number of nitrogens with zero attached hydrogens (tertiary/aromatic N) is 3. The molecule has 8 heteroatoms. The molecule has 8 nitrogen and oxygen atoms in total. The molecule has 2 unspecified atom stereocenters. The van der Waals surface area contributed by atoms with Gasteiger partial charge in [-0.2, -0.15) is 0 Å². The Morgan fingerprint density at radius 1 is 1.16 bits per heavy atom. The second-order valence-electron chi connectivity index (χ2n) is 8.45. The number of H-pyrrole nitrogens is 1. The minimum atomic E-state index is -0.621. The maximum atomic E-state index is 13.4. The molecule has 3 heterocycles. The van der Waals surface area contributed by atoms with Gasteiger partial charge in [0.2, 0.25) is 11.8 Å². The predicted octanol–water partition coefficient (Wildman–Crippen LogP) is 3.56. The number of aromatic nitrogens is 1. The standard InChI is InChI=1S/C24H24N4O4/c1-2-3-11-26-14-21(29)27-20(24(26)30)13-18-17-9-4-5-10-19(17)25-22(18)23(27)15-7-6-8-16(12-15)28(31)32/h4-10,12,20,23,25H,2-3,11,13-14H2,1H3. The van der Waals surface area contributed by atoms with Crippen molar-refractivity contribution in [3.63, 3.8) is 0 Å². The quantitative estimate of drug-likeness (QED) is 0.492. The molecule has 2 aliphatic rings. The number of non-ortho nitro benzene ring substituents is 1. The van der Waals surface area contributed by atoms with Crippen molar-refractivity contribution in [1.29, 1.82) is 0 Å². The van der Waals surface area contributed by atoms with Crippen molar-refractivity contribution in [2.75, 3.05) is 13.1 Å². The molecule has 0 aliphatic carbocycles. The highest BCUT2D eigenvalue weighted by Gasteiger charge is 2.48. The largest absolute Gasteiger partial charge is 0.356 e. The number of carbonyl (C=O) groups excluding carboxylic acids is 2. The number of fused-ring (bicyclic) bond motifs is 4. The number of benzene rings is 2. The number of para-hydroxylation sites is 1. The SMILES string of the molecule is CCCCN1CC(=O)N2C(Cc3c([nH]c4ccccc34)C2c2cccc([N+](=O)[O-])c2)C1=O. The van der Waals surface area contributed by atoms with Crippen LogP contribution in [0.4, 0.5) is 5.69 Å². The number of rotatable bonds is 5. The molecule has 0 saturated carbocycles. The molecule has 1 aromatic heterocycles. The molecule has 3 aromatic rings. The Labute approximate surface area is 185 Å². The first-order valence-electron chi connectivity index (χ1n) is 10.9. The van der Waals surface area contributed by atoms with Crippen LogP contribution in [-0.4, -0.2) is 50.7 Å². The van der Waals surface area contributed by atoms with E-state index in [-0.39, 0.29) is 24.0 Å². The number of aromatic amines is 1. The molecule has 164 valence electrons. The summed E-state index contributed by atoms with van der Waals surface area (Å²) in [5.74, 6) is -0.184. The molecule has 2 aliphatic heterocycles. The van der Waals surface area contributed by atoms with Crippen LogP contribution in [0.3, 0.4) is 0 Å². The third kappa shape index (κ3) is 3.14. The van der Waals surface area contributed by atoms with Gasteiger partial charge in [-0.15, -0.1) is 0 Å². The molecule has 2 aromatic carbocycles. The van der Waals surface area contributed by atoms with Gasteiger partial charge in [-0.05, 0) is 23.6 Å². The van der Waals surface area contributed by atoms with Gasteiger partial charge >= 0.3 is 0 Å². The van der Waals surface area contributed by atoms with Crippen LogP contribution in [0.5, 0.6) is 0 Å². The molecule has 0 spiro atoms. The first kappa shape index (κ1) is 20.2. The highest BCUT2D eigenvalue weighted by Crippen LogP contribution is 2.43. The number of nitrogens with one attached hydrogen (secondary N) is 1. The van der Waals surface area contributed by atoms with Crippen molar-refractivity contribution in [3.8, 4) is 0 Å². The third-order valence-corrected chi connectivity index (χ3v) is 6.52.